The standard InChI is InChI=1S/C15H10Cl2N2O2/c16-10-3-1-9(2-4-10)8-19-13-6-5-11(17)7-12(13)14(18-19)15(20)21/h1-7H,8H2,(H,20,21). The van der Waals surface area contributed by atoms with Crippen LogP contribution >= 0.6 is 23.2 Å². The van der Waals surface area contributed by atoms with E-state index in [0.717, 1.165) is 11.1 Å². The van der Waals surface area contributed by atoms with E-state index in [4.69, 9.17) is 23.2 Å². The van der Waals surface area contributed by atoms with Gasteiger partial charge in [0.25, 0.3) is 0 Å². The summed E-state index contributed by atoms with van der Waals surface area (Å²) in [5, 5.41) is 15.1. The average molecular weight is 321 g/mol. The van der Waals surface area contributed by atoms with Crippen LogP contribution in [0, 0.1) is 0 Å². The van der Waals surface area contributed by atoms with Gasteiger partial charge in [0, 0.05) is 15.4 Å². The summed E-state index contributed by atoms with van der Waals surface area (Å²) < 4.78 is 1.65. The number of aromatic carboxylic acids is 1. The van der Waals surface area contributed by atoms with Crippen LogP contribution in [-0.4, -0.2) is 20.9 Å². The first-order valence-electron chi connectivity index (χ1n) is 6.18. The Balaban J connectivity index is 2.10. The van der Waals surface area contributed by atoms with Crippen molar-refractivity contribution < 1.29 is 9.90 Å². The van der Waals surface area contributed by atoms with Crippen molar-refractivity contribution >= 4 is 40.1 Å². The molecule has 6 heteroatoms. The van der Waals surface area contributed by atoms with Crippen LogP contribution in [0.4, 0.5) is 0 Å². The van der Waals surface area contributed by atoms with Gasteiger partial charge in [-0.15, -0.1) is 0 Å². The van der Waals surface area contributed by atoms with Crippen LogP contribution in [0.5, 0.6) is 0 Å². The molecule has 3 rings (SSSR count). The van der Waals surface area contributed by atoms with Crippen molar-refractivity contribution in [2.24, 2.45) is 0 Å². The highest BCUT2D eigenvalue weighted by Crippen LogP contribution is 2.24. The van der Waals surface area contributed by atoms with E-state index in [2.05, 4.69) is 5.10 Å². The Morgan fingerprint density at radius 1 is 1.10 bits per heavy atom. The maximum absolute atomic E-state index is 11.3. The third-order valence-electron chi connectivity index (χ3n) is 3.16. The van der Waals surface area contributed by atoms with Crippen LogP contribution in [0.1, 0.15) is 16.1 Å². The van der Waals surface area contributed by atoms with Crippen LogP contribution in [-0.2, 0) is 6.54 Å². The number of benzene rings is 2. The lowest BCUT2D eigenvalue weighted by molar-refractivity contribution is 0.0691. The second-order valence-corrected chi connectivity index (χ2v) is 5.47. The average Bonchev–Trinajstić information content (AvgIpc) is 2.79. The first-order valence-corrected chi connectivity index (χ1v) is 6.94. The van der Waals surface area contributed by atoms with E-state index in [1.807, 2.05) is 12.1 Å². The van der Waals surface area contributed by atoms with Gasteiger partial charge in [-0.3, -0.25) is 4.68 Å². The van der Waals surface area contributed by atoms with E-state index in [-0.39, 0.29) is 5.69 Å². The van der Waals surface area contributed by atoms with Gasteiger partial charge in [-0.2, -0.15) is 5.10 Å². The van der Waals surface area contributed by atoms with Gasteiger partial charge in [0.2, 0.25) is 0 Å². The van der Waals surface area contributed by atoms with Gasteiger partial charge >= 0.3 is 5.97 Å². The summed E-state index contributed by atoms with van der Waals surface area (Å²) in [6, 6.07) is 12.4. The lowest BCUT2D eigenvalue weighted by Crippen LogP contribution is -2.04. The van der Waals surface area contributed by atoms with Crippen molar-refractivity contribution in [2.45, 2.75) is 6.54 Å². The highest BCUT2D eigenvalue weighted by atomic mass is 35.5. The minimum absolute atomic E-state index is 0.00136. The van der Waals surface area contributed by atoms with Crippen molar-refractivity contribution in [3.8, 4) is 0 Å². The predicted octanol–water partition coefficient (Wildman–Crippen LogP) is 4.09. The molecule has 4 nitrogen and oxygen atoms in total. The van der Waals surface area contributed by atoms with Crippen LogP contribution in [0.2, 0.25) is 10.0 Å². The molecule has 0 amide bonds. The zero-order valence-corrected chi connectivity index (χ0v) is 12.3. The second kappa shape index (κ2) is 5.39. The minimum Gasteiger partial charge on any atom is -0.476 e. The van der Waals surface area contributed by atoms with Crippen molar-refractivity contribution in [1.29, 1.82) is 0 Å². The summed E-state index contributed by atoms with van der Waals surface area (Å²) >= 11 is 11.8. The van der Waals surface area contributed by atoms with Gasteiger partial charge in [0.15, 0.2) is 5.69 Å². The van der Waals surface area contributed by atoms with Crippen molar-refractivity contribution in [3.05, 3.63) is 63.8 Å². The number of carboxylic acids is 1. The molecule has 21 heavy (non-hydrogen) atoms. The number of rotatable bonds is 3. The van der Waals surface area contributed by atoms with Gasteiger partial charge in [0.05, 0.1) is 12.1 Å². The molecule has 0 aliphatic heterocycles. The monoisotopic (exact) mass is 320 g/mol. The molecule has 2 aromatic carbocycles. The molecule has 0 fully saturated rings. The van der Waals surface area contributed by atoms with Crippen molar-refractivity contribution in [1.82, 2.24) is 9.78 Å². The highest BCUT2D eigenvalue weighted by molar-refractivity contribution is 6.31. The Morgan fingerprint density at radius 2 is 1.76 bits per heavy atom. The lowest BCUT2D eigenvalue weighted by Gasteiger charge is -2.04. The molecule has 0 saturated carbocycles. The maximum Gasteiger partial charge on any atom is 0.357 e. The predicted molar refractivity (Wildman–Crippen MR) is 82.3 cm³/mol. The van der Waals surface area contributed by atoms with Gasteiger partial charge in [-0.25, -0.2) is 4.79 Å². The van der Waals surface area contributed by atoms with Crippen molar-refractivity contribution in [2.75, 3.05) is 0 Å². The molecule has 106 valence electrons. The minimum atomic E-state index is -1.07. The fourth-order valence-electron chi connectivity index (χ4n) is 2.19. The first kappa shape index (κ1) is 13.9. The Kier molecular flexibility index (Phi) is 3.57. The van der Waals surface area contributed by atoms with Gasteiger partial charge in [-0.05, 0) is 35.9 Å². The molecular weight excluding hydrogens is 311 g/mol. The molecule has 0 spiro atoms. The zero-order valence-electron chi connectivity index (χ0n) is 10.8. The number of hydrogen-bond donors (Lipinski definition) is 1. The summed E-state index contributed by atoms with van der Waals surface area (Å²) in [7, 11) is 0. The van der Waals surface area contributed by atoms with E-state index < -0.39 is 5.97 Å². The van der Waals surface area contributed by atoms with Gasteiger partial charge < -0.3 is 5.11 Å². The highest BCUT2D eigenvalue weighted by Gasteiger charge is 2.16. The topological polar surface area (TPSA) is 55.1 Å². The number of carboxylic acid groups (broad SMARTS) is 1. The van der Waals surface area contributed by atoms with E-state index in [1.165, 1.54) is 0 Å². The normalized spacial score (nSPS) is 11.0. The van der Waals surface area contributed by atoms with E-state index >= 15 is 0 Å². The fourth-order valence-corrected chi connectivity index (χ4v) is 2.49. The fraction of sp³-hybridized carbons (Fsp3) is 0.0667. The number of aromatic nitrogens is 2. The summed E-state index contributed by atoms with van der Waals surface area (Å²) in [6.45, 7) is 0.461. The van der Waals surface area contributed by atoms with E-state index in [9.17, 15) is 9.90 Å². The molecule has 0 unspecified atom stereocenters. The Morgan fingerprint density at radius 3 is 2.43 bits per heavy atom. The molecule has 0 atom stereocenters. The van der Waals surface area contributed by atoms with Crippen LogP contribution in [0.3, 0.4) is 0 Å². The molecular formula is C15H10Cl2N2O2. The molecule has 0 aliphatic rings. The third kappa shape index (κ3) is 2.73. The van der Waals surface area contributed by atoms with Crippen molar-refractivity contribution in [3.63, 3.8) is 0 Å². The Bertz CT molecular complexity index is 826. The van der Waals surface area contributed by atoms with E-state index in [1.54, 1.807) is 35.0 Å². The smallest absolute Gasteiger partial charge is 0.357 e. The van der Waals surface area contributed by atoms with Crippen LogP contribution in [0.15, 0.2) is 42.5 Å². The first-order chi connectivity index (χ1) is 10.0. The number of halogens is 2. The third-order valence-corrected chi connectivity index (χ3v) is 3.65. The lowest BCUT2D eigenvalue weighted by atomic mass is 10.2. The number of carbonyl (C=O) groups is 1. The second-order valence-electron chi connectivity index (χ2n) is 4.60. The Labute approximate surface area is 130 Å². The van der Waals surface area contributed by atoms with Gasteiger partial charge in [0.1, 0.15) is 0 Å². The maximum atomic E-state index is 11.3. The summed E-state index contributed by atoms with van der Waals surface area (Å²) in [5.41, 5.74) is 1.71. The molecule has 0 saturated heterocycles. The molecule has 0 radical (unpaired) electrons. The molecule has 0 bridgehead atoms. The summed E-state index contributed by atoms with van der Waals surface area (Å²) in [5.74, 6) is -1.07. The van der Waals surface area contributed by atoms with Gasteiger partial charge in [-0.1, -0.05) is 35.3 Å². The largest absolute Gasteiger partial charge is 0.476 e. The van der Waals surface area contributed by atoms with E-state index in [0.29, 0.717) is 22.0 Å². The Hall–Kier alpha value is -2.04. The zero-order chi connectivity index (χ0) is 15.0. The molecule has 1 aromatic heterocycles. The summed E-state index contributed by atoms with van der Waals surface area (Å²) in [6.07, 6.45) is 0. The SMILES string of the molecule is O=C(O)c1nn(Cc2ccc(Cl)cc2)c2ccc(Cl)cc12. The molecule has 3 aromatic rings. The molecule has 0 aliphatic carbocycles. The van der Waals surface area contributed by atoms with Crippen LogP contribution < -0.4 is 0 Å². The number of nitrogens with zero attached hydrogens (tertiary/aromatic N) is 2. The number of hydrogen-bond acceptors (Lipinski definition) is 2. The molecule has 1 N–H and O–H groups in total. The summed E-state index contributed by atoms with van der Waals surface area (Å²) in [4.78, 5) is 11.3. The quantitative estimate of drug-likeness (QED) is 0.790. The molecule has 1 heterocycles. The van der Waals surface area contributed by atoms with Crippen LogP contribution in [0.25, 0.3) is 10.9 Å². The number of fused-ring (bicyclic) bond motifs is 1.